The molecule has 8 nitrogen and oxygen atoms in total. The summed E-state index contributed by atoms with van der Waals surface area (Å²) in [6.45, 7) is 12.6. The normalized spacial score (nSPS) is 17.9. The van der Waals surface area contributed by atoms with Gasteiger partial charge in [-0.1, -0.05) is 32.9 Å². The fourth-order valence-corrected chi connectivity index (χ4v) is 6.94. The number of methoxy groups -OCH3 is 1. The molecule has 47 heavy (non-hydrogen) atoms. The number of benzene rings is 2. The Balaban J connectivity index is 0.991. The van der Waals surface area contributed by atoms with Crippen LogP contribution in [0, 0.1) is 5.82 Å². The highest BCUT2D eigenvalue weighted by Gasteiger charge is 2.26. The van der Waals surface area contributed by atoms with Crippen LogP contribution in [0.25, 0.3) is 21.9 Å². The molecular formula is C38H47FN6O2. The molecule has 2 aliphatic rings. The average molecular weight is 639 g/mol. The van der Waals surface area contributed by atoms with E-state index in [0.717, 1.165) is 85.7 Å². The van der Waals surface area contributed by atoms with Gasteiger partial charge < -0.3 is 14.0 Å². The van der Waals surface area contributed by atoms with Crippen LogP contribution in [-0.2, 0) is 47.4 Å². The summed E-state index contributed by atoms with van der Waals surface area (Å²) >= 11 is 0. The Labute approximate surface area is 276 Å². The van der Waals surface area contributed by atoms with E-state index in [0.29, 0.717) is 37.5 Å². The number of hydrogen-bond donors (Lipinski definition) is 0. The predicted octanol–water partition coefficient (Wildman–Crippen LogP) is 6.82. The van der Waals surface area contributed by atoms with Gasteiger partial charge in [-0.2, -0.15) is 5.10 Å². The van der Waals surface area contributed by atoms with Crippen molar-refractivity contribution in [3.63, 3.8) is 0 Å². The standard InChI is InChI=1S/C38H47FN6O2/c1-38(2,3)29-9-11-34-36(22-29)45(24-31-14-18-47-31)37(41-34)25-43-15-12-26(13-16-43)33-7-5-6-30(40-33)10-8-27-21-35-28(20-32(27)39)23-44(42-35)17-19-46-4/h5-7,9,11,20-23,26,31H,8,10,12-19,24-25H2,1-4H3. The van der Waals surface area contributed by atoms with E-state index in [4.69, 9.17) is 19.4 Å². The van der Waals surface area contributed by atoms with Crippen LogP contribution in [0.2, 0.25) is 0 Å². The van der Waals surface area contributed by atoms with E-state index >= 15 is 0 Å². The SMILES string of the molecule is COCCn1cc2cc(F)c(CCc3cccc(C4CCN(Cc5nc6ccc(C(C)(C)C)cc6n5CC5CCO5)CC4)n3)cc2n1. The second-order valence-corrected chi connectivity index (χ2v) is 14.4. The van der Waals surface area contributed by atoms with E-state index in [1.54, 1.807) is 13.2 Å². The zero-order valence-corrected chi connectivity index (χ0v) is 28.2. The van der Waals surface area contributed by atoms with Gasteiger partial charge in [-0.15, -0.1) is 0 Å². The molecule has 0 aliphatic carbocycles. The number of aryl methyl sites for hydroxylation is 2. The number of pyridine rings is 1. The fraction of sp³-hybridized carbons (Fsp3) is 0.500. The Morgan fingerprint density at radius 3 is 2.55 bits per heavy atom. The Morgan fingerprint density at radius 1 is 0.979 bits per heavy atom. The van der Waals surface area contributed by atoms with Crippen molar-refractivity contribution < 1.29 is 13.9 Å². The summed E-state index contributed by atoms with van der Waals surface area (Å²) < 4.78 is 30.2. The third-order valence-electron chi connectivity index (χ3n) is 9.97. The molecule has 9 heteroatoms. The topological polar surface area (TPSA) is 70.2 Å². The van der Waals surface area contributed by atoms with Crippen LogP contribution in [0.5, 0.6) is 0 Å². The molecule has 248 valence electrons. The molecule has 3 aromatic heterocycles. The number of hydrogen-bond acceptors (Lipinski definition) is 6. The van der Waals surface area contributed by atoms with E-state index in [2.05, 4.69) is 71.7 Å². The van der Waals surface area contributed by atoms with Crippen molar-refractivity contribution in [2.75, 3.05) is 33.4 Å². The van der Waals surface area contributed by atoms with Gasteiger partial charge in [-0.3, -0.25) is 14.6 Å². The second kappa shape index (κ2) is 13.5. The summed E-state index contributed by atoms with van der Waals surface area (Å²) in [6, 6.07) is 16.6. The summed E-state index contributed by atoms with van der Waals surface area (Å²) in [6.07, 6.45) is 6.67. The van der Waals surface area contributed by atoms with E-state index in [9.17, 15) is 4.39 Å². The van der Waals surface area contributed by atoms with Gasteiger partial charge in [0.15, 0.2) is 0 Å². The van der Waals surface area contributed by atoms with Crippen molar-refractivity contribution in [1.29, 1.82) is 0 Å². The van der Waals surface area contributed by atoms with Gasteiger partial charge in [0, 0.05) is 42.6 Å². The van der Waals surface area contributed by atoms with Gasteiger partial charge in [0.05, 0.1) is 48.9 Å². The summed E-state index contributed by atoms with van der Waals surface area (Å²) in [5.41, 5.74) is 7.36. The molecule has 1 unspecified atom stereocenters. The molecule has 2 saturated heterocycles. The molecule has 2 aromatic carbocycles. The first-order valence-corrected chi connectivity index (χ1v) is 17.2. The number of ether oxygens (including phenoxy) is 2. The van der Waals surface area contributed by atoms with Crippen molar-refractivity contribution in [2.24, 2.45) is 0 Å². The lowest BCUT2D eigenvalue weighted by atomic mass is 9.87. The van der Waals surface area contributed by atoms with Gasteiger partial charge in [-0.25, -0.2) is 9.37 Å². The number of fused-ring (bicyclic) bond motifs is 2. The highest BCUT2D eigenvalue weighted by atomic mass is 19.1. The van der Waals surface area contributed by atoms with Crippen LogP contribution < -0.4 is 0 Å². The first-order chi connectivity index (χ1) is 22.7. The van der Waals surface area contributed by atoms with Crippen molar-refractivity contribution in [3.05, 3.63) is 88.9 Å². The molecule has 0 spiro atoms. The van der Waals surface area contributed by atoms with E-state index in [-0.39, 0.29) is 17.3 Å². The van der Waals surface area contributed by atoms with Crippen LogP contribution >= 0.6 is 0 Å². The maximum atomic E-state index is 15.0. The van der Waals surface area contributed by atoms with Crippen molar-refractivity contribution in [2.45, 2.75) is 89.9 Å². The smallest absolute Gasteiger partial charge is 0.127 e. The summed E-state index contributed by atoms with van der Waals surface area (Å²) in [5.74, 6) is 1.37. The first-order valence-electron chi connectivity index (χ1n) is 17.2. The zero-order chi connectivity index (χ0) is 32.5. The first kappa shape index (κ1) is 31.9. The lowest BCUT2D eigenvalue weighted by Crippen LogP contribution is -2.35. The van der Waals surface area contributed by atoms with Crippen molar-refractivity contribution in [1.82, 2.24) is 29.2 Å². The third kappa shape index (κ3) is 7.12. The molecule has 0 bridgehead atoms. The number of rotatable bonds is 11. The largest absolute Gasteiger partial charge is 0.383 e. The van der Waals surface area contributed by atoms with Gasteiger partial charge >= 0.3 is 0 Å². The van der Waals surface area contributed by atoms with Crippen LogP contribution in [0.4, 0.5) is 4.39 Å². The van der Waals surface area contributed by atoms with Crippen LogP contribution in [0.15, 0.2) is 54.7 Å². The zero-order valence-electron chi connectivity index (χ0n) is 28.2. The second-order valence-electron chi connectivity index (χ2n) is 14.4. The van der Waals surface area contributed by atoms with Gasteiger partial charge in [0.1, 0.15) is 11.6 Å². The molecule has 0 N–H and O–H groups in total. The van der Waals surface area contributed by atoms with Crippen molar-refractivity contribution in [3.8, 4) is 0 Å². The van der Waals surface area contributed by atoms with E-state index in [1.807, 2.05) is 16.9 Å². The minimum atomic E-state index is -0.185. The number of aromatic nitrogens is 5. The van der Waals surface area contributed by atoms with Gasteiger partial charge in [-0.05, 0) is 98.1 Å². The highest BCUT2D eigenvalue weighted by molar-refractivity contribution is 5.79. The highest BCUT2D eigenvalue weighted by Crippen LogP contribution is 2.31. The maximum Gasteiger partial charge on any atom is 0.127 e. The molecule has 0 saturated carbocycles. The minimum absolute atomic E-state index is 0.0865. The fourth-order valence-electron chi connectivity index (χ4n) is 6.94. The molecule has 0 radical (unpaired) electrons. The molecule has 1 atom stereocenters. The van der Waals surface area contributed by atoms with E-state index < -0.39 is 0 Å². The van der Waals surface area contributed by atoms with Crippen LogP contribution in [-0.4, -0.2) is 68.7 Å². The van der Waals surface area contributed by atoms with Crippen LogP contribution in [0.1, 0.15) is 74.3 Å². The summed E-state index contributed by atoms with van der Waals surface area (Å²) in [7, 11) is 1.67. The van der Waals surface area contributed by atoms with Gasteiger partial charge in [0.2, 0.25) is 0 Å². The lowest BCUT2D eigenvalue weighted by molar-refractivity contribution is -0.0592. The monoisotopic (exact) mass is 638 g/mol. The minimum Gasteiger partial charge on any atom is -0.383 e. The third-order valence-corrected chi connectivity index (χ3v) is 9.97. The van der Waals surface area contributed by atoms with Gasteiger partial charge in [0.25, 0.3) is 0 Å². The summed E-state index contributed by atoms with van der Waals surface area (Å²) in [5, 5.41) is 5.41. The predicted molar refractivity (Wildman–Crippen MR) is 183 cm³/mol. The Bertz CT molecular complexity index is 1840. The molecule has 0 amide bonds. The number of likely N-dealkylation sites (tertiary alicyclic amines) is 1. The maximum absolute atomic E-state index is 15.0. The quantitative estimate of drug-likeness (QED) is 0.158. The molecular weight excluding hydrogens is 591 g/mol. The molecule has 5 aromatic rings. The van der Waals surface area contributed by atoms with Crippen molar-refractivity contribution >= 4 is 21.9 Å². The Hall–Kier alpha value is -3.66. The number of piperidine rings is 1. The molecule has 7 rings (SSSR count). The van der Waals surface area contributed by atoms with Crippen LogP contribution in [0.3, 0.4) is 0 Å². The molecule has 5 heterocycles. The van der Waals surface area contributed by atoms with E-state index in [1.165, 1.54) is 11.1 Å². The Kier molecular flexibility index (Phi) is 9.13. The summed E-state index contributed by atoms with van der Waals surface area (Å²) in [4.78, 5) is 12.7. The lowest BCUT2D eigenvalue weighted by Gasteiger charge is -2.32. The molecule has 2 aliphatic heterocycles. The number of nitrogens with zero attached hydrogens (tertiary/aromatic N) is 6. The Morgan fingerprint density at radius 2 is 1.81 bits per heavy atom. The molecule has 2 fully saturated rings. The average Bonchev–Trinajstić information content (AvgIpc) is 3.59. The number of imidazole rings is 1. The number of halogens is 1.